The highest BCUT2D eigenvalue weighted by Gasteiger charge is 2.04. The molecule has 0 aliphatic rings. The second kappa shape index (κ2) is 4.62. The summed E-state index contributed by atoms with van der Waals surface area (Å²) < 4.78 is 0. The van der Waals surface area contributed by atoms with E-state index in [4.69, 9.17) is 5.21 Å². The maximum absolute atomic E-state index is 8.63. The normalized spacial score (nSPS) is 10.8. The quantitative estimate of drug-likeness (QED) is 0.460. The Kier molecular flexibility index (Phi) is 3.01. The first-order valence-corrected chi connectivity index (χ1v) is 5.15. The van der Waals surface area contributed by atoms with E-state index in [0.717, 1.165) is 16.7 Å². The van der Waals surface area contributed by atoms with Crippen LogP contribution in [-0.2, 0) is 0 Å². The summed E-state index contributed by atoms with van der Waals surface area (Å²) in [6.07, 6.45) is 1.46. The van der Waals surface area contributed by atoms with E-state index in [-0.39, 0.29) is 0 Å². The molecular weight excluding hydrogens is 198 g/mol. The average molecular weight is 211 g/mol. The van der Waals surface area contributed by atoms with E-state index in [9.17, 15) is 0 Å². The Morgan fingerprint density at radius 1 is 0.938 bits per heavy atom. The molecule has 0 radical (unpaired) electrons. The minimum atomic E-state index is 0.916. The molecule has 0 amide bonds. The predicted molar refractivity (Wildman–Crippen MR) is 66.0 cm³/mol. The first-order chi connectivity index (χ1) is 7.83. The van der Waals surface area contributed by atoms with Crippen molar-refractivity contribution in [3.63, 3.8) is 0 Å². The molecule has 80 valence electrons. The van der Waals surface area contributed by atoms with Gasteiger partial charge in [-0.3, -0.25) is 0 Å². The van der Waals surface area contributed by atoms with E-state index in [2.05, 4.69) is 24.2 Å². The lowest BCUT2D eigenvalue weighted by atomic mass is 9.97. The van der Waals surface area contributed by atoms with Crippen molar-refractivity contribution in [2.24, 2.45) is 5.16 Å². The fourth-order valence-electron chi connectivity index (χ4n) is 1.79. The highest BCUT2D eigenvalue weighted by molar-refractivity contribution is 5.90. The van der Waals surface area contributed by atoms with Gasteiger partial charge in [-0.05, 0) is 23.6 Å². The lowest BCUT2D eigenvalue weighted by molar-refractivity contribution is 0.322. The Labute approximate surface area is 94.9 Å². The topological polar surface area (TPSA) is 32.6 Å². The van der Waals surface area contributed by atoms with Crippen LogP contribution in [0.3, 0.4) is 0 Å². The fraction of sp³-hybridized carbons (Fsp3) is 0.0714. The standard InChI is InChI=1S/C14H13NO/c1-11-6-2-4-8-13(11)14-9-5-3-7-12(14)10-15-16/h2-10,16H,1H3/b15-10-. The van der Waals surface area contributed by atoms with Gasteiger partial charge in [-0.25, -0.2) is 0 Å². The van der Waals surface area contributed by atoms with Gasteiger partial charge in [0.15, 0.2) is 0 Å². The third-order valence-corrected chi connectivity index (χ3v) is 2.59. The zero-order chi connectivity index (χ0) is 11.4. The van der Waals surface area contributed by atoms with Crippen LogP contribution in [0.4, 0.5) is 0 Å². The van der Waals surface area contributed by atoms with E-state index < -0.39 is 0 Å². The third-order valence-electron chi connectivity index (χ3n) is 2.59. The minimum Gasteiger partial charge on any atom is -0.411 e. The van der Waals surface area contributed by atoms with Crippen molar-refractivity contribution in [3.05, 3.63) is 59.7 Å². The van der Waals surface area contributed by atoms with Crippen molar-refractivity contribution < 1.29 is 5.21 Å². The molecule has 1 N–H and O–H groups in total. The van der Waals surface area contributed by atoms with Gasteiger partial charge in [0.05, 0.1) is 6.21 Å². The molecular formula is C14H13NO. The molecule has 0 saturated heterocycles. The smallest absolute Gasteiger partial charge is 0.0740 e. The summed E-state index contributed by atoms with van der Waals surface area (Å²) in [5.41, 5.74) is 4.37. The molecule has 0 heterocycles. The van der Waals surface area contributed by atoms with Crippen molar-refractivity contribution in [1.82, 2.24) is 0 Å². The van der Waals surface area contributed by atoms with E-state index in [1.54, 1.807) is 0 Å². The van der Waals surface area contributed by atoms with Crippen LogP contribution in [0.5, 0.6) is 0 Å². The SMILES string of the molecule is Cc1ccccc1-c1ccccc1/C=N\O. The lowest BCUT2D eigenvalue weighted by Gasteiger charge is -2.08. The highest BCUT2D eigenvalue weighted by Crippen LogP contribution is 2.25. The molecule has 2 nitrogen and oxygen atoms in total. The van der Waals surface area contributed by atoms with Gasteiger partial charge in [0.1, 0.15) is 0 Å². The zero-order valence-corrected chi connectivity index (χ0v) is 9.09. The lowest BCUT2D eigenvalue weighted by Crippen LogP contribution is -1.89. The second-order valence-corrected chi connectivity index (χ2v) is 3.65. The Morgan fingerprint density at radius 2 is 1.56 bits per heavy atom. The van der Waals surface area contributed by atoms with Crippen LogP contribution in [0, 0.1) is 6.92 Å². The Bertz CT molecular complexity index is 518. The molecule has 2 aromatic carbocycles. The zero-order valence-electron chi connectivity index (χ0n) is 9.09. The monoisotopic (exact) mass is 211 g/mol. The molecule has 0 aliphatic heterocycles. The molecule has 2 rings (SSSR count). The van der Waals surface area contributed by atoms with Crippen molar-refractivity contribution in [3.8, 4) is 11.1 Å². The van der Waals surface area contributed by atoms with Gasteiger partial charge in [0.2, 0.25) is 0 Å². The van der Waals surface area contributed by atoms with Crippen molar-refractivity contribution in [2.75, 3.05) is 0 Å². The van der Waals surface area contributed by atoms with Crippen LogP contribution in [0.1, 0.15) is 11.1 Å². The highest BCUT2D eigenvalue weighted by atomic mass is 16.4. The van der Waals surface area contributed by atoms with E-state index >= 15 is 0 Å². The molecule has 16 heavy (non-hydrogen) atoms. The molecule has 2 aromatic rings. The van der Waals surface area contributed by atoms with Gasteiger partial charge in [-0.15, -0.1) is 0 Å². The molecule has 0 unspecified atom stereocenters. The van der Waals surface area contributed by atoms with Crippen LogP contribution in [-0.4, -0.2) is 11.4 Å². The number of hydrogen-bond donors (Lipinski definition) is 1. The summed E-state index contributed by atoms with van der Waals surface area (Å²) in [6.45, 7) is 2.07. The minimum absolute atomic E-state index is 0.916. The number of aryl methyl sites for hydroxylation is 1. The van der Waals surface area contributed by atoms with Crippen LogP contribution >= 0.6 is 0 Å². The summed E-state index contributed by atoms with van der Waals surface area (Å²) in [5, 5.41) is 11.7. The summed E-state index contributed by atoms with van der Waals surface area (Å²) in [5.74, 6) is 0. The average Bonchev–Trinajstić information content (AvgIpc) is 2.31. The molecule has 0 fully saturated rings. The Morgan fingerprint density at radius 3 is 2.25 bits per heavy atom. The van der Waals surface area contributed by atoms with Gasteiger partial charge >= 0.3 is 0 Å². The van der Waals surface area contributed by atoms with Gasteiger partial charge in [0.25, 0.3) is 0 Å². The molecule has 0 aromatic heterocycles. The van der Waals surface area contributed by atoms with E-state index in [0.29, 0.717) is 0 Å². The molecule has 2 heteroatoms. The van der Waals surface area contributed by atoms with E-state index in [1.165, 1.54) is 11.8 Å². The van der Waals surface area contributed by atoms with Gasteiger partial charge in [0, 0.05) is 5.56 Å². The number of benzene rings is 2. The van der Waals surface area contributed by atoms with Crippen LogP contribution in [0.15, 0.2) is 53.7 Å². The molecule has 0 spiro atoms. The summed E-state index contributed by atoms with van der Waals surface area (Å²) in [6, 6.07) is 16.0. The van der Waals surface area contributed by atoms with Crippen LogP contribution in [0.25, 0.3) is 11.1 Å². The number of oxime groups is 1. The van der Waals surface area contributed by atoms with Gasteiger partial charge in [-0.2, -0.15) is 0 Å². The van der Waals surface area contributed by atoms with Crippen molar-refractivity contribution in [2.45, 2.75) is 6.92 Å². The first-order valence-electron chi connectivity index (χ1n) is 5.15. The largest absolute Gasteiger partial charge is 0.411 e. The number of hydrogen-bond acceptors (Lipinski definition) is 2. The molecule has 0 bridgehead atoms. The maximum atomic E-state index is 8.63. The molecule has 0 aliphatic carbocycles. The number of nitrogens with zero attached hydrogens (tertiary/aromatic N) is 1. The summed E-state index contributed by atoms with van der Waals surface area (Å²) in [4.78, 5) is 0. The fourth-order valence-corrected chi connectivity index (χ4v) is 1.79. The molecule has 0 atom stereocenters. The van der Waals surface area contributed by atoms with Gasteiger partial charge < -0.3 is 5.21 Å². The third kappa shape index (κ3) is 1.96. The van der Waals surface area contributed by atoms with Crippen molar-refractivity contribution in [1.29, 1.82) is 0 Å². The Balaban J connectivity index is 2.60. The second-order valence-electron chi connectivity index (χ2n) is 3.65. The Hall–Kier alpha value is -2.09. The van der Waals surface area contributed by atoms with Crippen LogP contribution in [0.2, 0.25) is 0 Å². The van der Waals surface area contributed by atoms with Crippen LogP contribution < -0.4 is 0 Å². The predicted octanol–water partition coefficient (Wildman–Crippen LogP) is 3.47. The van der Waals surface area contributed by atoms with Crippen molar-refractivity contribution >= 4 is 6.21 Å². The van der Waals surface area contributed by atoms with Gasteiger partial charge in [-0.1, -0.05) is 53.7 Å². The first kappa shape index (κ1) is 10.4. The molecule has 0 saturated carbocycles. The summed E-state index contributed by atoms with van der Waals surface area (Å²) in [7, 11) is 0. The summed E-state index contributed by atoms with van der Waals surface area (Å²) >= 11 is 0. The maximum Gasteiger partial charge on any atom is 0.0740 e. The van der Waals surface area contributed by atoms with E-state index in [1.807, 2.05) is 36.4 Å². The number of rotatable bonds is 2.